The summed E-state index contributed by atoms with van der Waals surface area (Å²) in [5.74, 6) is -1.63. The number of benzene rings is 1. The van der Waals surface area contributed by atoms with Gasteiger partial charge in [-0.15, -0.1) is 0 Å². The molecule has 2 amide bonds. The van der Waals surface area contributed by atoms with Gasteiger partial charge in [0.1, 0.15) is 0 Å². The van der Waals surface area contributed by atoms with Crippen molar-refractivity contribution in [3.8, 4) is 0 Å². The molecule has 7 heteroatoms. The first kappa shape index (κ1) is 16.2. The summed E-state index contributed by atoms with van der Waals surface area (Å²) in [5.41, 5.74) is 0.601. The molecule has 0 aromatic heterocycles. The van der Waals surface area contributed by atoms with Gasteiger partial charge in [-0.25, -0.2) is 4.79 Å². The number of carbonyl (C=O) groups is 3. The van der Waals surface area contributed by atoms with Crippen LogP contribution in [0.1, 0.15) is 27.6 Å². The smallest absolute Gasteiger partial charge is 0.330 e. The van der Waals surface area contributed by atoms with E-state index in [0.29, 0.717) is 16.5 Å². The highest BCUT2D eigenvalue weighted by Crippen LogP contribution is 2.34. The van der Waals surface area contributed by atoms with E-state index in [0.717, 1.165) is 4.90 Å². The average molecular weight is 419 g/mol. The molecule has 1 unspecified atom stereocenters. The summed E-state index contributed by atoms with van der Waals surface area (Å²) in [6, 6.07) is 5.44. The van der Waals surface area contributed by atoms with Crippen molar-refractivity contribution in [3.63, 3.8) is 0 Å². The molecule has 0 spiro atoms. The van der Waals surface area contributed by atoms with Crippen molar-refractivity contribution in [1.82, 2.24) is 4.90 Å². The van der Waals surface area contributed by atoms with Gasteiger partial charge in [0, 0.05) is 5.33 Å². The third kappa shape index (κ3) is 2.64. The van der Waals surface area contributed by atoms with Gasteiger partial charge in [-0.05, 0) is 19.1 Å². The van der Waals surface area contributed by atoms with Crippen LogP contribution < -0.4 is 0 Å². The first-order valence-corrected chi connectivity index (χ1v) is 8.06. The summed E-state index contributed by atoms with van der Waals surface area (Å²) < 4.78 is 3.93. The van der Waals surface area contributed by atoms with Crippen LogP contribution in [0.5, 0.6) is 0 Å². The van der Waals surface area contributed by atoms with Gasteiger partial charge in [0.15, 0.2) is 6.04 Å². The van der Waals surface area contributed by atoms with E-state index < -0.39 is 28.1 Å². The van der Waals surface area contributed by atoms with Crippen molar-refractivity contribution in [2.24, 2.45) is 0 Å². The summed E-state index contributed by atoms with van der Waals surface area (Å²) in [7, 11) is 1.23. The Morgan fingerprint density at radius 2 is 1.76 bits per heavy atom. The molecule has 2 rings (SSSR count). The first-order valence-electron chi connectivity index (χ1n) is 6.14. The van der Waals surface area contributed by atoms with Crippen LogP contribution in [0.3, 0.4) is 0 Å². The highest BCUT2D eigenvalue weighted by Gasteiger charge is 2.50. The topological polar surface area (TPSA) is 63.7 Å². The lowest BCUT2D eigenvalue weighted by Crippen LogP contribution is -2.56. The number of hydrogen-bond acceptors (Lipinski definition) is 4. The monoisotopic (exact) mass is 417 g/mol. The molecule has 2 atom stereocenters. The number of alkyl halides is 2. The fraction of sp³-hybridized carbons (Fsp3) is 0.357. The number of halogens is 2. The standard InChI is InChI=1S/C14H13Br2NO4/c1-14(16,7-15)10(13(20)21-2)17-11(18)8-5-3-4-6-9(8)12(17)19/h3-6,10H,7H2,1-2H3/t10-,14?/m1/s1. The number of carbonyl (C=O) groups excluding carboxylic acids is 3. The summed E-state index contributed by atoms with van der Waals surface area (Å²) in [4.78, 5) is 38.1. The molecule has 1 aromatic carbocycles. The minimum atomic E-state index is -1.06. The average Bonchev–Trinajstić information content (AvgIpc) is 2.73. The molecule has 0 N–H and O–H groups in total. The number of ether oxygens (including phenoxy) is 1. The van der Waals surface area contributed by atoms with Gasteiger partial charge < -0.3 is 4.74 Å². The van der Waals surface area contributed by atoms with Crippen LogP contribution in [-0.4, -0.2) is 45.5 Å². The lowest BCUT2D eigenvalue weighted by atomic mass is 10.0. The van der Waals surface area contributed by atoms with Crippen LogP contribution in [0, 0.1) is 0 Å². The Hall–Kier alpha value is -1.21. The second-order valence-electron chi connectivity index (χ2n) is 4.86. The molecular formula is C14H13Br2NO4. The minimum Gasteiger partial charge on any atom is -0.467 e. The third-order valence-electron chi connectivity index (χ3n) is 3.34. The van der Waals surface area contributed by atoms with Crippen molar-refractivity contribution in [2.45, 2.75) is 17.3 Å². The largest absolute Gasteiger partial charge is 0.467 e. The number of esters is 1. The van der Waals surface area contributed by atoms with Crippen molar-refractivity contribution in [2.75, 3.05) is 12.4 Å². The maximum Gasteiger partial charge on any atom is 0.330 e. The number of fused-ring (bicyclic) bond motifs is 1. The number of imide groups is 1. The van der Waals surface area contributed by atoms with Crippen molar-refractivity contribution in [1.29, 1.82) is 0 Å². The Morgan fingerprint density at radius 3 is 2.14 bits per heavy atom. The normalized spacial score (nSPS) is 18.2. The molecule has 1 heterocycles. The van der Waals surface area contributed by atoms with Gasteiger partial charge in [-0.1, -0.05) is 44.0 Å². The molecule has 112 valence electrons. The Balaban J connectivity index is 2.51. The Kier molecular flexibility index (Phi) is 4.53. The van der Waals surface area contributed by atoms with E-state index in [1.807, 2.05) is 0 Å². The lowest BCUT2D eigenvalue weighted by molar-refractivity contribution is -0.146. The number of nitrogens with zero attached hydrogens (tertiary/aromatic N) is 1. The molecule has 1 aliphatic rings. The highest BCUT2D eigenvalue weighted by molar-refractivity contribution is 9.12. The van der Waals surface area contributed by atoms with Crippen LogP contribution >= 0.6 is 31.9 Å². The van der Waals surface area contributed by atoms with Crippen molar-refractivity contribution < 1.29 is 19.1 Å². The molecule has 0 bridgehead atoms. The van der Waals surface area contributed by atoms with Gasteiger partial charge in [0.05, 0.1) is 22.6 Å². The van der Waals surface area contributed by atoms with E-state index in [2.05, 4.69) is 31.9 Å². The highest BCUT2D eigenvalue weighted by atomic mass is 79.9. The molecule has 21 heavy (non-hydrogen) atoms. The van der Waals surface area contributed by atoms with Crippen LogP contribution in [0.4, 0.5) is 0 Å². The molecular weight excluding hydrogens is 406 g/mol. The zero-order valence-corrected chi connectivity index (χ0v) is 14.6. The number of hydrogen-bond donors (Lipinski definition) is 0. The Labute approximate surface area is 138 Å². The fourth-order valence-electron chi connectivity index (χ4n) is 2.25. The molecule has 0 saturated carbocycles. The summed E-state index contributed by atoms with van der Waals surface area (Å²) >= 11 is 6.69. The summed E-state index contributed by atoms with van der Waals surface area (Å²) in [5, 5.41) is 0.354. The lowest BCUT2D eigenvalue weighted by Gasteiger charge is -2.34. The second-order valence-corrected chi connectivity index (χ2v) is 7.24. The van der Waals surface area contributed by atoms with E-state index in [9.17, 15) is 14.4 Å². The molecule has 0 fully saturated rings. The minimum absolute atomic E-state index is 0.300. The molecule has 5 nitrogen and oxygen atoms in total. The summed E-state index contributed by atoms with van der Waals surface area (Å²) in [6.45, 7) is 1.72. The van der Waals surface area contributed by atoms with Crippen molar-refractivity contribution in [3.05, 3.63) is 35.4 Å². The second kappa shape index (κ2) is 5.88. The van der Waals surface area contributed by atoms with Gasteiger partial charge in [-0.3, -0.25) is 14.5 Å². The third-order valence-corrected chi connectivity index (χ3v) is 5.97. The van der Waals surface area contributed by atoms with Gasteiger partial charge in [0.25, 0.3) is 11.8 Å². The van der Waals surface area contributed by atoms with Crippen LogP contribution in [0.2, 0.25) is 0 Å². The zero-order chi connectivity index (χ0) is 15.8. The van der Waals surface area contributed by atoms with Gasteiger partial charge >= 0.3 is 5.97 Å². The molecule has 1 aliphatic heterocycles. The van der Waals surface area contributed by atoms with E-state index in [1.54, 1.807) is 31.2 Å². The van der Waals surface area contributed by atoms with E-state index in [1.165, 1.54) is 7.11 Å². The first-order chi connectivity index (χ1) is 9.85. The molecule has 1 aromatic rings. The van der Waals surface area contributed by atoms with Crippen LogP contribution in [-0.2, 0) is 9.53 Å². The SMILES string of the molecule is COC(=O)[C@@H](N1C(=O)c2ccccc2C1=O)C(C)(Br)CBr. The van der Waals surface area contributed by atoms with Gasteiger partial charge in [0.2, 0.25) is 0 Å². The quantitative estimate of drug-likeness (QED) is 0.427. The molecule has 0 radical (unpaired) electrons. The fourth-order valence-corrected chi connectivity index (χ4v) is 2.95. The maximum atomic E-state index is 12.5. The van der Waals surface area contributed by atoms with Gasteiger partial charge in [-0.2, -0.15) is 0 Å². The maximum absolute atomic E-state index is 12.5. The Morgan fingerprint density at radius 1 is 1.29 bits per heavy atom. The number of methoxy groups -OCH3 is 1. The van der Waals surface area contributed by atoms with Crippen LogP contribution in [0.25, 0.3) is 0 Å². The van der Waals surface area contributed by atoms with E-state index in [-0.39, 0.29) is 0 Å². The van der Waals surface area contributed by atoms with Crippen molar-refractivity contribution >= 4 is 49.6 Å². The number of amides is 2. The zero-order valence-electron chi connectivity index (χ0n) is 11.4. The van der Waals surface area contributed by atoms with Crippen LogP contribution in [0.15, 0.2) is 24.3 Å². The van der Waals surface area contributed by atoms with E-state index in [4.69, 9.17) is 4.74 Å². The van der Waals surface area contributed by atoms with E-state index >= 15 is 0 Å². The summed E-state index contributed by atoms with van der Waals surface area (Å²) in [6.07, 6.45) is 0. The molecule has 0 aliphatic carbocycles. The molecule has 0 saturated heterocycles. The predicted octanol–water partition coefficient (Wildman–Crippen LogP) is 2.37. The number of rotatable bonds is 4. The predicted molar refractivity (Wildman–Crippen MR) is 83.9 cm³/mol. The Bertz CT molecular complexity index is 580.